The van der Waals surface area contributed by atoms with Gasteiger partial charge < -0.3 is 19.5 Å². The molecular formula is C29H31BrN2O5S. The van der Waals surface area contributed by atoms with Crippen molar-refractivity contribution in [1.82, 2.24) is 9.80 Å². The van der Waals surface area contributed by atoms with Gasteiger partial charge in [0.15, 0.2) is 11.5 Å². The largest absolute Gasteiger partial charge is 0.504 e. The zero-order chi connectivity index (χ0) is 26.8. The second kappa shape index (κ2) is 9.24. The lowest BCUT2D eigenvalue weighted by Gasteiger charge is -2.65. The Bertz CT molecular complexity index is 1360. The van der Waals surface area contributed by atoms with Crippen molar-refractivity contribution in [1.29, 1.82) is 0 Å². The van der Waals surface area contributed by atoms with Gasteiger partial charge in [-0.2, -0.15) is 0 Å². The number of thiophene rings is 1. The van der Waals surface area contributed by atoms with Crippen molar-refractivity contribution in [2.75, 3.05) is 20.1 Å². The number of hydrogen-bond acceptors (Lipinski definition) is 7. The maximum atomic E-state index is 13.4. The summed E-state index contributed by atoms with van der Waals surface area (Å²) in [5, 5.41) is 12.9. The second-order valence-electron chi connectivity index (χ2n) is 10.8. The van der Waals surface area contributed by atoms with E-state index in [0.717, 1.165) is 27.0 Å². The molecule has 0 unspecified atom stereocenters. The number of nitrogens with zero attached hydrogens (tertiary/aromatic N) is 2. The minimum absolute atomic E-state index is 0.0497. The number of rotatable bonds is 6. The highest BCUT2D eigenvalue weighted by molar-refractivity contribution is 9.10. The lowest BCUT2D eigenvalue weighted by molar-refractivity contribution is -0.222. The van der Waals surface area contributed by atoms with Crippen LogP contribution >= 0.6 is 27.3 Å². The molecule has 1 aromatic heterocycles. The van der Waals surface area contributed by atoms with Crippen LogP contribution in [0.2, 0.25) is 0 Å². The van der Waals surface area contributed by atoms with Crippen LogP contribution in [0, 0.1) is 0 Å². The molecule has 2 fully saturated rings. The molecule has 1 spiro atoms. The summed E-state index contributed by atoms with van der Waals surface area (Å²) >= 11 is 5.02. The molecule has 1 N–H and O–H groups in total. The lowest BCUT2D eigenvalue weighted by atomic mass is 9.48. The van der Waals surface area contributed by atoms with Crippen molar-refractivity contribution in [3.05, 3.63) is 62.8 Å². The van der Waals surface area contributed by atoms with Gasteiger partial charge in [0.05, 0.1) is 17.5 Å². The van der Waals surface area contributed by atoms with Gasteiger partial charge in [-0.1, -0.05) is 12.1 Å². The first-order chi connectivity index (χ1) is 18.2. The quantitative estimate of drug-likeness (QED) is 0.296. The average molecular weight is 600 g/mol. The Hall–Kier alpha value is -2.62. The van der Waals surface area contributed by atoms with Crippen LogP contribution < -0.4 is 4.74 Å². The molecule has 1 saturated heterocycles. The van der Waals surface area contributed by atoms with Crippen molar-refractivity contribution in [2.45, 2.75) is 61.8 Å². The van der Waals surface area contributed by atoms with Crippen molar-refractivity contribution in [2.24, 2.45) is 0 Å². The molecule has 2 aromatic rings. The van der Waals surface area contributed by atoms with Gasteiger partial charge in [-0.3, -0.25) is 14.5 Å². The van der Waals surface area contributed by atoms with Crippen LogP contribution in [0.4, 0.5) is 0 Å². The summed E-state index contributed by atoms with van der Waals surface area (Å²) < 4.78 is 14.1. The molecule has 2 aliphatic carbocycles. The molecule has 2 aliphatic heterocycles. The molecule has 2 bridgehead atoms. The molecule has 1 saturated carbocycles. The first kappa shape index (κ1) is 25.6. The summed E-state index contributed by atoms with van der Waals surface area (Å²) in [7, 11) is 1.82. The summed E-state index contributed by atoms with van der Waals surface area (Å²) in [5.74, 6) is 0.133. The van der Waals surface area contributed by atoms with Gasteiger partial charge in [0.1, 0.15) is 11.7 Å². The van der Waals surface area contributed by atoms with Crippen LogP contribution in [0.5, 0.6) is 11.5 Å². The van der Waals surface area contributed by atoms with Crippen molar-refractivity contribution < 1.29 is 24.2 Å². The van der Waals surface area contributed by atoms with E-state index in [2.05, 4.69) is 27.4 Å². The zero-order valence-corrected chi connectivity index (χ0v) is 23.9. The summed E-state index contributed by atoms with van der Waals surface area (Å²) in [6.07, 6.45) is 7.48. The second-order valence-corrected chi connectivity index (χ2v) is 12.6. The smallest absolute Gasteiger partial charge is 0.303 e. The minimum Gasteiger partial charge on any atom is -0.504 e. The van der Waals surface area contributed by atoms with Crippen LogP contribution in [-0.2, 0) is 26.2 Å². The van der Waals surface area contributed by atoms with E-state index >= 15 is 0 Å². The molecule has 1 aromatic carbocycles. The fourth-order valence-corrected chi connectivity index (χ4v) is 9.01. The Morgan fingerprint density at radius 1 is 1.39 bits per heavy atom. The van der Waals surface area contributed by atoms with Gasteiger partial charge in [-0.25, -0.2) is 0 Å². The molecule has 38 heavy (non-hydrogen) atoms. The fourth-order valence-electron chi connectivity index (χ4n) is 7.67. The Kier molecular flexibility index (Phi) is 6.24. The number of phenolic OH excluding ortho intramolecular Hbond substituents is 1. The monoisotopic (exact) mass is 598 g/mol. The molecule has 6 rings (SSSR count). The van der Waals surface area contributed by atoms with Gasteiger partial charge in [-0.15, -0.1) is 17.9 Å². The molecular weight excluding hydrogens is 568 g/mol. The van der Waals surface area contributed by atoms with Crippen LogP contribution in [0.3, 0.4) is 0 Å². The highest BCUT2D eigenvalue weighted by atomic mass is 79.9. The van der Waals surface area contributed by atoms with Crippen LogP contribution in [0.15, 0.2) is 46.8 Å². The fraction of sp³-hybridized carbons (Fsp3) is 0.448. The van der Waals surface area contributed by atoms with E-state index in [1.54, 1.807) is 28.4 Å². The topological polar surface area (TPSA) is 79.3 Å². The summed E-state index contributed by atoms with van der Waals surface area (Å²) in [5.41, 5.74) is 0.584. The molecule has 4 aliphatic rings. The SMILES string of the molecule is C=CCN1CC[C@]23c4c5ccc(O)c4O[C@H]2[C@H](N(C)C(=O)/C=C/c2cc(Br)cs2)CC[C@@]3(OC(C)=O)[C@H]1C5. The van der Waals surface area contributed by atoms with Crippen molar-refractivity contribution in [3.8, 4) is 11.5 Å². The third kappa shape index (κ3) is 3.54. The third-order valence-corrected chi connectivity index (χ3v) is 10.7. The van der Waals surface area contributed by atoms with E-state index in [4.69, 9.17) is 9.47 Å². The molecule has 5 atom stereocenters. The number of ether oxygens (including phenoxy) is 2. The highest BCUT2D eigenvalue weighted by Gasteiger charge is 2.75. The van der Waals surface area contributed by atoms with E-state index in [-0.39, 0.29) is 29.7 Å². The van der Waals surface area contributed by atoms with E-state index in [1.807, 2.05) is 36.7 Å². The zero-order valence-electron chi connectivity index (χ0n) is 21.5. The number of phenols is 1. The Morgan fingerprint density at radius 2 is 2.21 bits per heavy atom. The molecule has 0 radical (unpaired) electrons. The first-order valence-corrected chi connectivity index (χ1v) is 14.6. The number of carbonyl (C=O) groups excluding carboxylic acids is 2. The van der Waals surface area contributed by atoms with E-state index in [9.17, 15) is 14.7 Å². The van der Waals surface area contributed by atoms with Gasteiger partial charge in [0.2, 0.25) is 5.91 Å². The number of hydrogen-bond donors (Lipinski definition) is 1. The van der Waals surface area contributed by atoms with Crippen molar-refractivity contribution in [3.63, 3.8) is 0 Å². The maximum Gasteiger partial charge on any atom is 0.303 e. The van der Waals surface area contributed by atoms with Crippen molar-refractivity contribution >= 4 is 45.2 Å². The lowest BCUT2D eigenvalue weighted by Crippen LogP contribution is -2.79. The normalized spacial score (nSPS) is 31.0. The van der Waals surface area contributed by atoms with Gasteiger partial charge in [-0.05, 0) is 65.4 Å². The highest BCUT2D eigenvalue weighted by Crippen LogP contribution is 2.67. The van der Waals surface area contributed by atoms with Crippen LogP contribution in [-0.4, -0.2) is 70.7 Å². The van der Waals surface area contributed by atoms with Gasteiger partial charge >= 0.3 is 5.97 Å². The number of likely N-dealkylation sites (N-methyl/N-ethyl adjacent to an activating group) is 1. The molecule has 3 heterocycles. The minimum atomic E-state index is -0.823. The number of amides is 1. The van der Waals surface area contributed by atoms with Crippen LogP contribution in [0.1, 0.15) is 42.2 Å². The van der Waals surface area contributed by atoms with Crippen LogP contribution in [0.25, 0.3) is 6.08 Å². The Labute approximate surface area is 234 Å². The maximum absolute atomic E-state index is 13.4. The third-order valence-electron chi connectivity index (χ3n) is 9.01. The Balaban J connectivity index is 1.44. The molecule has 200 valence electrons. The number of likely N-dealkylation sites (tertiary alicyclic amines) is 1. The standard InChI is InChI=1S/C29H31BrN2O5S/c1-4-12-32-13-11-28-25-18-5-7-22(34)26(25)36-27(28)21(9-10-29(28,23(32)14-18)37-17(2)33)31(3)24(35)8-6-20-15-19(30)16-38-20/h4-8,15-16,21,23,27,34H,1,9-14H2,2-3H3/b8-6+/t21-,23-,27+,28+,29-/m1/s1. The number of aromatic hydroxyl groups is 1. The number of piperidine rings is 1. The van der Waals surface area contributed by atoms with E-state index < -0.39 is 17.1 Å². The Morgan fingerprint density at radius 3 is 2.92 bits per heavy atom. The summed E-state index contributed by atoms with van der Waals surface area (Å²) in [6.45, 7) is 6.91. The van der Waals surface area contributed by atoms with E-state index in [1.165, 1.54) is 6.92 Å². The molecule has 7 nitrogen and oxygen atoms in total. The van der Waals surface area contributed by atoms with Gasteiger partial charge in [0.25, 0.3) is 0 Å². The average Bonchev–Trinajstić information content (AvgIpc) is 3.45. The molecule has 1 amide bonds. The first-order valence-electron chi connectivity index (χ1n) is 13.0. The number of carbonyl (C=O) groups is 2. The predicted octanol–water partition coefficient (Wildman–Crippen LogP) is 4.67. The molecule has 9 heteroatoms. The summed E-state index contributed by atoms with van der Waals surface area (Å²) in [4.78, 5) is 31.2. The van der Waals surface area contributed by atoms with Gasteiger partial charge in [0, 0.05) is 53.4 Å². The number of benzene rings is 1. The predicted molar refractivity (Wildman–Crippen MR) is 149 cm³/mol. The number of halogens is 1. The number of esters is 1. The summed E-state index contributed by atoms with van der Waals surface area (Å²) in [6, 6.07) is 5.34. The van der Waals surface area contributed by atoms with E-state index in [0.29, 0.717) is 38.0 Å².